The number of tetrazole rings is 1. The van der Waals surface area contributed by atoms with Crippen LogP contribution in [-0.2, 0) is 28.0 Å². The van der Waals surface area contributed by atoms with Crippen molar-refractivity contribution in [3.05, 3.63) is 71.0 Å². The van der Waals surface area contributed by atoms with Crippen LogP contribution in [0.15, 0.2) is 48.8 Å². The van der Waals surface area contributed by atoms with E-state index in [-0.39, 0.29) is 17.3 Å². The standard InChI is InChI=1S/C25H26N6O3/c1-25(19-4-7-21-18(13-19)15-34-24(21)33)14-22(25)29-8-10-30(11-9-29)23(32)12-17-2-5-20(6-3-17)31-16-26-27-28-31/h2-7,13,16,22H,8-12,14-15H2,1H3. The highest BCUT2D eigenvalue weighted by molar-refractivity contribution is 5.93. The van der Waals surface area contributed by atoms with Gasteiger partial charge < -0.3 is 9.64 Å². The molecule has 0 bridgehead atoms. The summed E-state index contributed by atoms with van der Waals surface area (Å²) in [5.74, 6) is -0.0556. The quantitative estimate of drug-likeness (QED) is 0.538. The van der Waals surface area contributed by atoms with Crippen molar-refractivity contribution >= 4 is 11.9 Å². The molecule has 1 amide bonds. The van der Waals surface area contributed by atoms with Gasteiger partial charge in [0.15, 0.2) is 0 Å². The molecular weight excluding hydrogens is 432 g/mol. The fourth-order valence-corrected chi connectivity index (χ4v) is 5.29. The molecule has 174 valence electrons. The van der Waals surface area contributed by atoms with Crippen molar-refractivity contribution in [1.82, 2.24) is 30.0 Å². The summed E-state index contributed by atoms with van der Waals surface area (Å²) in [4.78, 5) is 29.1. The first-order valence-electron chi connectivity index (χ1n) is 11.7. The first-order valence-corrected chi connectivity index (χ1v) is 11.7. The lowest BCUT2D eigenvalue weighted by atomic mass is 9.93. The van der Waals surface area contributed by atoms with E-state index < -0.39 is 0 Å². The Labute approximate surface area is 197 Å². The SMILES string of the molecule is CC1(c2ccc3c(c2)COC3=O)CC1N1CCN(C(=O)Cc2ccc(-n3cnnn3)cc2)CC1. The van der Waals surface area contributed by atoms with E-state index in [2.05, 4.69) is 39.5 Å². The number of aromatic nitrogens is 4. The lowest BCUT2D eigenvalue weighted by Gasteiger charge is -2.36. The number of hydrogen-bond donors (Lipinski definition) is 0. The molecule has 2 fully saturated rings. The monoisotopic (exact) mass is 458 g/mol. The van der Waals surface area contributed by atoms with E-state index >= 15 is 0 Å². The predicted molar refractivity (Wildman–Crippen MR) is 122 cm³/mol. The largest absolute Gasteiger partial charge is 0.457 e. The fourth-order valence-electron chi connectivity index (χ4n) is 5.29. The second-order valence-electron chi connectivity index (χ2n) is 9.60. The van der Waals surface area contributed by atoms with Gasteiger partial charge in [-0.25, -0.2) is 9.48 Å². The van der Waals surface area contributed by atoms with Crippen LogP contribution in [-0.4, -0.2) is 74.1 Å². The molecule has 1 saturated heterocycles. The zero-order chi connectivity index (χ0) is 23.3. The molecule has 2 atom stereocenters. The number of benzene rings is 2. The van der Waals surface area contributed by atoms with Gasteiger partial charge in [0.2, 0.25) is 5.91 Å². The lowest BCUT2D eigenvalue weighted by Crippen LogP contribution is -2.50. The Morgan fingerprint density at radius 2 is 1.91 bits per heavy atom. The Balaban J connectivity index is 1.04. The minimum absolute atomic E-state index is 0.0915. The summed E-state index contributed by atoms with van der Waals surface area (Å²) >= 11 is 0. The summed E-state index contributed by atoms with van der Waals surface area (Å²) in [6.45, 7) is 5.95. The van der Waals surface area contributed by atoms with Gasteiger partial charge >= 0.3 is 5.97 Å². The molecule has 3 heterocycles. The van der Waals surface area contributed by atoms with Crippen LogP contribution in [0.1, 0.15) is 40.4 Å². The molecule has 34 heavy (non-hydrogen) atoms. The van der Waals surface area contributed by atoms with Crippen molar-refractivity contribution in [1.29, 1.82) is 0 Å². The lowest BCUT2D eigenvalue weighted by molar-refractivity contribution is -0.132. The predicted octanol–water partition coefficient (Wildman–Crippen LogP) is 1.75. The van der Waals surface area contributed by atoms with E-state index in [0.29, 0.717) is 24.6 Å². The number of piperazine rings is 1. The zero-order valence-electron chi connectivity index (χ0n) is 19.1. The molecule has 1 aliphatic carbocycles. The number of carbonyl (C=O) groups excluding carboxylic acids is 2. The fraction of sp³-hybridized carbons (Fsp3) is 0.400. The number of amides is 1. The highest BCUT2D eigenvalue weighted by atomic mass is 16.5. The number of ether oxygens (including phenoxy) is 1. The molecule has 2 aromatic carbocycles. The number of esters is 1. The van der Waals surface area contributed by atoms with Crippen LogP contribution < -0.4 is 0 Å². The summed E-state index contributed by atoms with van der Waals surface area (Å²) in [6.07, 6.45) is 3.04. The molecule has 0 spiro atoms. The maximum Gasteiger partial charge on any atom is 0.338 e. The molecule has 6 rings (SSSR count). The maximum atomic E-state index is 12.9. The Bertz CT molecular complexity index is 1230. The van der Waals surface area contributed by atoms with Crippen molar-refractivity contribution in [2.24, 2.45) is 0 Å². The Hall–Kier alpha value is -3.59. The van der Waals surface area contributed by atoms with Crippen LogP contribution >= 0.6 is 0 Å². The van der Waals surface area contributed by atoms with Crippen molar-refractivity contribution in [3.63, 3.8) is 0 Å². The van der Waals surface area contributed by atoms with Crippen molar-refractivity contribution in [2.75, 3.05) is 26.2 Å². The van der Waals surface area contributed by atoms with Crippen molar-refractivity contribution in [2.45, 2.75) is 37.8 Å². The van der Waals surface area contributed by atoms with E-state index in [4.69, 9.17) is 4.74 Å². The molecule has 2 unspecified atom stereocenters. The summed E-state index contributed by atoms with van der Waals surface area (Å²) < 4.78 is 6.75. The van der Waals surface area contributed by atoms with Gasteiger partial charge in [0.05, 0.1) is 17.7 Å². The summed E-state index contributed by atoms with van der Waals surface area (Å²) in [5, 5.41) is 11.2. The van der Waals surface area contributed by atoms with E-state index in [1.807, 2.05) is 35.2 Å². The number of carbonyl (C=O) groups is 2. The van der Waals surface area contributed by atoms with Gasteiger partial charge in [0.1, 0.15) is 12.9 Å². The van der Waals surface area contributed by atoms with Crippen LogP contribution in [0.2, 0.25) is 0 Å². The topological polar surface area (TPSA) is 93.5 Å². The molecule has 0 radical (unpaired) electrons. The molecule has 2 aliphatic heterocycles. The summed E-state index contributed by atoms with van der Waals surface area (Å²) in [5.41, 5.74) is 4.91. The van der Waals surface area contributed by atoms with Gasteiger partial charge in [0.25, 0.3) is 0 Å². The molecule has 9 nitrogen and oxygen atoms in total. The van der Waals surface area contributed by atoms with Gasteiger partial charge in [-0.3, -0.25) is 9.69 Å². The van der Waals surface area contributed by atoms with E-state index in [0.717, 1.165) is 49.4 Å². The van der Waals surface area contributed by atoms with Crippen LogP contribution in [0.25, 0.3) is 5.69 Å². The zero-order valence-corrected chi connectivity index (χ0v) is 19.1. The molecule has 1 saturated carbocycles. The summed E-state index contributed by atoms with van der Waals surface area (Å²) in [7, 11) is 0. The maximum absolute atomic E-state index is 12.9. The number of cyclic esters (lactones) is 1. The van der Waals surface area contributed by atoms with Crippen LogP contribution in [0.4, 0.5) is 0 Å². The number of rotatable bonds is 5. The first-order chi connectivity index (χ1) is 16.5. The number of nitrogens with zero attached hydrogens (tertiary/aromatic N) is 6. The minimum Gasteiger partial charge on any atom is -0.457 e. The third kappa shape index (κ3) is 3.66. The highest BCUT2D eigenvalue weighted by Crippen LogP contribution is 2.51. The Morgan fingerprint density at radius 1 is 1.12 bits per heavy atom. The van der Waals surface area contributed by atoms with Gasteiger partial charge in [-0.2, -0.15) is 0 Å². The van der Waals surface area contributed by atoms with Crippen molar-refractivity contribution < 1.29 is 14.3 Å². The molecule has 0 N–H and O–H groups in total. The molecule has 9 heteroatoms. The van der Waals surface area contributed by atoms with E-state index in [9.17, 15) is 9.59 Å². The van der Waals surface area contributed by atoms with E-state index in [1.54, 1.807) is 11.0 Å². The average Bonchev–Trinajstić information content (AvgIpc) is 3.18. The second-order valence-corrected chi connectivity index (χ2v) is 9.60. The van der Waals surface area contributed by atoms with Crippen LogP contribution in [0, 0.1) is 0 Å². The molecule has 3 aliphatic rings. The van der Waals surface area contributed by atoms with Crippen LogP contribution in [0.3, 0.4) is 0 Å². The average molecular weight is 459 g/mol. The van der Waals surface area contributed by atoms with Gasteiger partial charge in [0, 0.05) is 43.2 Å². The van der Waals surface area contributed by atoms with Crippen LogP contribution in [0.5, 0.6) is 0 Å². The van der Waals surface area contributed by atoms with E-state index in [1.165, 1.54) is 5.56 Å². The highest BCUT2D eigenvalue weighted by Gasteiger charge is 2.54. The third-order valence-electron chi connectivity index (χ3n) is 7.55. The summed E-state index contributed by atoms with van der Waals surface area (Å²) in [6, 6.07) is 14.4. The molecule has 1 aromatic heterocycles. The smallest absolute Gasteiger partial charge is 0.338 e. The number of fused-ring (bicyclic) bond motifs is 1. The van der Waals surface area contributed by atoms with Crippen molar-refractivity contribution in [3.8, 4) is 5.69 Å². The third-order valence-corrected chi connectivity index (χ3v) is 7.55. The van der Waals surface area contributed by atoms with Gasteiger partial charge in [-0.05, 0) is 46.2 Å². The molecule has 3 aromatic rings. The normalized spacial score (nSPS) is 24.1. The first kappa shape index (κ1) is 21.0. The minimum atomic E-state index is -0.219. The van der Waals surface area contributed by atoms with Gasteiger partial charge in [-0.1, -0.05) is 31.2 Å². The number of hydrogen-bond acceptors (Lipinski definition) is 7. The second kappa shape index (κ2) is 8.02. The van der Waals surface area contributed by atoms with Gasteiger partial charge in [-0.15, -0.1) is 5.10 Å². The Morgan fingerprint density at radius 3 is 2.65 bits per heavy atom. The Kier molecular flexibility index (Phi) is 4.95. The molecular formula is C25H26N6O3.